The lowest BCUT2D eigenvalue weighted by atomic mass is 10.1. The summed E-state index contributed by atoms with van der Waals surface area (Å²) in [5.41, 5.74) is 0.402. The molecule has 1 aromatic carbocycles. The van der Waals surface area contributed by atoms with Crippen molar-refractivity contribution in [1.82, 2.24) is 10.2 Å². The van der Waals surface area contributed by atoms with Crippen molar-refractivity contribution in [1.29, 1.82) is 0 Å². The van der Waals surface area contributed by atoms with Crippen LogP contribution in [0.1, 0.15) is 18.9 Å². The third-order valence-corrected chi connectivity index (χ3v) is 3.22. The minimum absolute atomic E-state index is 0.0768. The average Bonchev–Trinajstić information content (AvgIpc) is 2.41. The van der Waals surface area contributed by atoms with Crippen molar-refractivity contribution in [2.45, 2.75) is 19.8 Å². The Kier molecular flexibility index (Phi) is 7.33. The van der Waals surface area contributed by atoms with E-state index >= 15 is 0 Å². The first-order valence-electron chi connectivity index (χ1n) is 6.66. The van der Waals surface area contributed by atoms with Crippen molar-refractivity contribution in [3.8, 4) is 0 Å². The van der Waals surface area contributed by atoms with E-state index in [4.69, 9.17) is 16.7 Å². The van der Waals surface area contributed by atoms with Gasteiger partial charge >= 0.3 is 6.03 Å². The first-order valence-corrected chi connectivity index (χ1v) is 7.04. The largest absolute Gasteiger partial charge is 0.395 e. The van der Waals surface area contributed by atoms with E-state index < -0.39 is 0 Å². The number of hydrogen-bond acceptors (Lipinski definition) is 2. The van der Waals surface area contributed by atoms with E-state index in [1.54, 1.807) is 12.1 Å². The molecule has 4 nitrogen and oxygen atoms in total. The van der Waals surface area contributed by atoms with E-state index in [0.29, 0.717) is 36.6 Å². The quantitative estimate of drug-likeness (QED) is 0.813. The van der Waals surface area contributed by atoms with Crippen molar-refractivity contribution in [3.63, 3.8) is 0 Å². The zero-order chi connectivity index (χ0) is 15.0. The van der Waals surface area contributed by atoms with E-state index in [1.165, 1.54) is 11.0 Å². The van der Waals surface area contributed by atoms with E-state index in [-0.39, 0.29) is 18.5 Å². The molecule has 0 aliphatic rings. The SMILES string of the molecule is CCCN(CCO)C(=O)NCCc1c(F)cccc1Cl. The molecule has 0 aliphatic heterocycles. The average molecular weight is 303 g/mol. The zero-order valence-corrected chi connectivity index (χ0v) is 12.3. The molecule has 0 unspecified atom stereocenters. The third-order valence-electron chi connectivity index (χ3n) is 2.86. The number of hydrogen-bond donors (Lipinski definition) is 2. The van der Waals surface area contributed by atoms with Crippen molar-refractivity contribution < 1.29 is 14.3 Å². The summed E-state index contributed by atoms with van der Waals surface area (Å²) in [6, 6.07) is 4.26. The number of nitrogens with zero attached hydrogens (tertiary/aromatic N) is 1. The molecule has 0 radical (unpaired) electrons. The van der Waals surface area contributed by atoms with Crippen LogP contribution in [0, 0.1) is 5.82 Å². The fourth-order valence-corrected chi connectivity index (χ4v) is 2.14. The molecule has 112 valence electrons. The summed E-state index contributed by atoms with van der Waals surface area (Å²) in [6.45, 7) is 3.04. The predicted octanol–water partition coefficient (Wildman–Crippen LogP) is 2.44. The molecule has 0 heterocycles. The number of aliphatic hydroxyl groups is 1. The van der Waals surface area contributed by atoms with Crippen molar-refractivity contribution in [2.24, 2.45) is 0 Å². The first-order chi connectivity index (χ1) is 9.60. The van der Waals surface area contributed by atoms with Crippen LogP contribution in [0.3, 0.4) is 0 Å². The van der Waals surface area contributed by atoms with E-state index in [1.807, 2.05) is 6.92 Å². The highest BCUT2D eigenvalue weighted by atomic mass is 35.5. The van der Waals surface area contributed by atoms with Gasteiger partial charge in [0.1, 0.15) is 5.82 Å². The zero-order valence-electron chi connectivity index (χ0n) is 11.5. The number of halogens is 2. The Morgan fingerprint density at radius 1 is 1.45 bits per heavy atom. The summed E-state index contributed by atoms with van der Waals surface area (Å²) in [4.78, 5) is 13.4. The number of carbonyl (C=O) groups is 1. The smallest absolute Gasteiger partial charge is 0.317 e. The Balaban J connectivity index is 2.48. The van der Waals surface area contributed by atoms with Gasteiger partial charge in [-0.2, -0.15) is 0 Å². The van der Waals surface area contributed by atoms with Gasteiger partial charge in [-0.15, -0.1) is 0 Å². The Labute approximate surface area is 123 Å². The fourth-order valence-electron chi connectivity index (χ4n) is 1.88. The van der Waals surface area contributed by atoms with Crippen molar-refractivity contribution in [2.75, 3.05) is 26.2 Å². The summed E-state index contributed by atoms with van der Waals surface area (Å²) >= 11 is 5.91. The lowest BCUT2D eigenvalue weighted by Gasteiger charge is -2.21. The lowest BCUT2D eigenvalue weighted by Crippen LogP contribution is -2.42. The van der Waals surface area contributed by atoms with E-state index in [9.17, 15) is 9.18 Å². The third kappa shape index (κ3) is 4.98. The molecule has 1 rings (SSSR count). The molecular weight excluding hydrogens is 283 g/mol. The normalized spacial score (nSPS) is 10.4. The number of aliphatic hydroxyl groups excluding tert-OH is 1. The number of nitrogens with one attached hydrogen (secondary N) is 1. The topological polar surface area (TPSA) is 52.6 Å². The molecule has 0 fully saturated rings. The first kappa shape index (κ1) is 16.7. The van der Waals surface area contributed by atoms with Gasteiger partial charge < -0.3 is 15.3 Å². The number of amides is 2. The monoisotopic (exact) mass is 302 g/mol. The maximum absolute atomic E-state index is 13.5. The Bertz CT molecular complexity index is 417. The van der Waals surface area contributed by atoms with Crippen LogP contribution in [-0.4, -0.2) is 42.3 Å². The molecule has 0 spiro atoms. The van der Waals surface area contributed by atoms with Gasteiger partial charge in [-0.3, -0.25) is 0 Å². The van der Waals surface area contributed by atoms with Gasteiger partial charge in [-0.05, 0) is 25.0 Å². The highest BCUT2D eigenvalue weighted by Gasteiger charge is 2.12. The summed E-state index contributed by atoms with van der Waals surface area (Å²) < 4.78 is 13.5. The molecule has 0 saturated heterocycles. The van der Waals surface area contributed by atoms with E-state index in [0.717, 1.165) is 6.42 Å². The van der Waals surface area contributed by atoms with Crippen LogP contribution >= 0.6 is 11.6 Å². The highest BCUT2D eigenvalue weighted by Crippen LogP contribution is 2.18. The molecule has 6 heteroatoms. The summed E-state index contributed by atoms with van der Waals surface area (Å²) in [5, 5.41) is 12.0. The summed E-state index contributed by atoms with van der Waals surface area (Å²) in [6.07, 6.45) is 1.14. The number of benzene rings is 1. The fraction of sp³-hybridized carbons (Fsp3) is 0.500. The van der Waals surface area contributed by atoms with Crippen LogP contribution in [0.5, 0.6) is 0 Å². The molecule has 1 aromatic rings. The summed E-state index contributed by atoms with van der Waals surface area (Å²) in [7, 11) is 0. The van der Waals surface area contributed by atoms with Gasteiger partial charge in [0.05, 0.1) is 6.61 Å². The second-order valence-electron chi connectivity index (χ2n) is 4.39. The highest BCUT2D eigenvalue weighted by molar-refractivity contribution is 6.31. The van der Waals surface area contributed by atoms with Crippen LogP contribution < -0.4 is 5.32 Å². The second kappa shape index (κ2) is 8.76. The number of rotatable bonds is 7. The minimum Gasteiger partial charge on any atom is -0.395 e. The van der Waals surface area contributed by atoms with Gasteiger partial charge in [0.15, 0.2) is 0 Å². The molecule has 20 heavy (non-hydrogen) atoms. The van der Waals surface area contributed by atoms with Crippen LogP contribution in [0.2, 0.25) is 5.02 Å². The van der Waals surface area contributed by atoms with Crippen molar-refractivity contribution >= 4 is 17.6 Å². The molecule has 0 saturated carbocycles. The molecule has 2 amide bonds. The Hall–Kier alpha value is -1.33. The second-order valence-corrected chi connectivity index (χ2v) is 4.80. The number of urea groups is 1. The van der Waals surface area contributed by atoms with Crippen LogP contribution in [-0.2, 0) is 6.42 Å². The van der Waals surface area contributed by atoms with E-state index in [2.05, 4.69) is 5.32 Å². The van der Waals surface area contributed by atoms with Crippen LogP contribution in [0.25, 0.3) is 0 Å². The molecule has 2 N–H and O–H groups in total. The lowest BCUT2D eigenvalue weighted by molar-refractivity contribution is 0.177. The molecule has 0 atom stereocenters. The minimum atomic E-state index is -0.368. The summed E-state index contributed by atoms with van der Waals surface area (Å²) in [5.74, 6) is -0.368. The van der Waals surface area contributed by atoms with Crippen molar-refractivity contribution in [3.05, 3.63) is 34.6 Å². The van der Waals surface area contributed by atoms with Gasteiger partial charge in [-0.25, -0.2) is 9.18 Å². The van der Waals surface area contributed by atoms with Gasteiger partial charge in [0, 0.05) is 30.2 Å². The molecule has 0 bridgehead atoms. The van der Waals surface area contributed by atoms with Gasteiger partial charge in [0.2, 0.25) is 0 Å². The standard InChI is InChI=1S/C14H20ClFN2O2/c1-2-8-18(9-10-19)14(20)17-7-6-11-12(15)4-3-5-13(11)16/h3-5,19H,2,6-10H2,1H3,(H,17,20). The van der Waals surface area contributed by atoms with Gasteiger partial charge in [0.25, 0.3) is 0 Å². The van der Waals surface area contributed by atoms with Gasteiger partial charge in [-0.1, -0.05) is 24.6 Å². The molecular formula is C14H20ClFN2O2. The Morgan fingerprint density at radius 2 is 2.20 bits per heavy atom. The predicted molar refractivity (Wildman–Crippen MR) is 77.5 cm³/mol. The molecule has 0 aromatic heterocycles. The maximum atomic E-state index is 13.5. The van der Waals surface area contributed by atoms with Crippen LogP contribution in [0.4, 0.5) is 9.18 Å². The molecule has 0 aliphatic carbocycles. The Morgan fingerprint density at radius 3 is 2.80 bits per heavy atom. The number of carbonyl (C=O) groups excluding carboxylic acids is 1. The van der Waals surface area contributed by atoms with Crippen LogP contribution in [0.15, 0.2) is 18.2 Å². The maximum Gasteiger partial charge on any atom is 0.317 e.